The Morgan fingerprint density at radius 3 is 2.20 bits per heavy atom. The molecule has 0 amide bonds. The van der Waals surface area contributed by atoms with Crippen LogP contribution in [0.4, 0.5) is 0 Å². The second kappa shape index (κ2) is 2.90. The highest BCUT2D eigenvalue weighted by atomic mass is 32.4. The van der Waals surface area contributed by atoms with Gasteiger partial charge in [-0.15, -0.1) is 8.86 Å². The summed E-state index contributed by atoms with van der Waals surface area (Å²) in [7, 11) is 4.13. The van der Waals surface area contributed by atoms with Gasteiger partial charge in [-0.05, 0) is 6.92 Å². The van der Waals surface area contributed by atoms with Crippen molar-refractivity contribution < 1.29 is 0 Å². The summed E-state index contributed by atoms with van der Waals surface area (Å²) in [5.74, 6) is 0. The molecule has 5 heavy (non-hydrogen) atoms. The monoisotopic (exact) mass is 122 g/mol. The first kappa shape index (κ1) is 5.69. The van der Waals surface area contributed by atoms with E-state index in [-0.39, 0.29) is 0 Å². The van der Waals surface area contributed by atoms with E-state index in [9.17, 15) is 0 Å². The maximum atomic E-state index is 4.56. The van der Waals surface area contributed by atoms with Gasteiger partial charge in [0.2, 0.25) is 0 Å². The third kappa shape index (κ3) is 4.69. The van der Waals surface area contributed by atoms with E-state index in [1.807, 2.05) is 6.92 Å². The summed E-state index contributed by atoms with van der Waals surface area (Å²) in [6.45, 7) is 1.94. The van der Waals surface area contributed by atoms with Gasteiger partial charge in [-0.2, -0.15) is 0 Å². The zero-order valence-corrected chi connectivity index (χ0v) is 5.57. The molecule has 0 fully saturated rings. The molecule has 0 saturated carbocycles. The summed E-state index contributed by atoms with van der Waals surface area (Å²) in [5, 5.41) is 1.10. The van der Waals surface area contributed by atoms with Gasteiger partial charge < -0.3 is 0 Å². The van der Waals surface area contributed by atoms with E-state index < -0.39 is 0 Å². The normalized spacial score (nSPS) is 8.20. The van der Waals surface area contributed by atoms with Crippen LogP contribution in [-0.2, 0) is 11.8 Å². The topological polar surface area (TPSA) is 0 Å². The summed E-state index contributed by atoms with van der Waals surface area (Å²) in [5.41, 5.74) is 0. The zero-order valence-electron chi connectivity index (χ0n) is 2.86. The Bertz CT molecular complexity index is 58.7. The molecule has 0 rings (SSSR count). The van der Waals surface area contributed by atoms with Crippen LogP contribution in [-0.4, -0.2) is 5.03 Å². The van der Waals surface area contributed by atoms with Gasteiger partial charge in [0.25, 0.3) is 0 Å². The largest absolute Gasteiger partial charge is 0.113 e. The van der Waals surface area contributed by atoms with E-state index >= 15 is 0 Å². The van der Waals surface area contributed by atoms with Crippen LogP contribution in [0.2, 0.25) is 0 Å². The molecule has 0 unspecified atom stereocenters. The lowest BCUT2D eigenvalue weighted by atomic mass is 11.0. The maximum Gasteiger partial charge on any atom is 0.00943 e. The summed E-state index contributed by atoms with van der Waals surface area (Å²) in [6.07, 6.45) is 0. The van der Waals surface area contributed by atoms with E-state index in [0.29, 0.717) is 0 Å². The van der Waals surface area contributed by atoms with Gasteiger partial charge in [-0.25, -0.2) is 0 Å². The lowest BCUT2D eigenvalue weighted by Gasteiger charge is -1.66. The fraction of sp³-hybridized carbons (Fsp3) is 0.500. The van der Waals surface area contributed by atoms with Crippen LogP contribution >= 0.6 is 16.2 Å². The first-order valence-corrected chi connectivity index (χ1v) is 3.56. The molecule has 0 aromatic rings. The van der Waals surface area contributed by atoms with Gasteiger partial charge in [0.15, 0.2) is 0 Å². The second-order valence-electron chi connectivity index (χ2n) is 0.677. The van der Waals surface area contributed by atoms with Crippen LogP contribution < -0.4 is 0 Å². The highest BCUT2D eigenvalue weighted by Crippen LogP contribution is 1.95. The van der Waals surface area contributed by atoms with Gasteiger partial charge in [0.05, 0.1) is 0 Å². The molecule has 0 heterocycles. The molecule has 0 radical (unpaired) electrons. The van der Waals surface area contributed by atoms with Gasteiger partial charge in [-0.3, -0.25) is 0 Å². The summed E-state index contributed by atoms with van der Waals surface area (Å²) in [4.78, 5) is 0. The zero-order chi connectivity index (χ0) is 4.28. The van der Waals surface area contributed by atoms with Crippen LogP contribution in [0, 0.1) is 0 Å². The minimum atomic E-state index is 0.910. The fourth-order valence-electron chi connectivity index (χ4n) is 0. The van der Waals surface area contributed by atoms with Gasteiger partial charge in [0.1, 0.15) is 0 Å². The van der Waals surface area contributed by atoms with Crippen molar-refractivity contribution in [3.63, 3.8) is 0 Å². The predicted octanol–water partition coefficient (Wildman–Crippen LogP) is 1.69. The Morgan fingerprint density at radius 2 is 2.20 bits per heavy atom. The number of hydrogen-bond donors (Lipinski definition) is 0. The smallest absolute Gasteiger partial charge is 0.00943 e. The van der Waals surface area contributed by atoms with Crippen LogP contribution in [0.25, 0.3) is 0 Å². The molecule has 0 aliphatic heterocycles. The molecule has 0 saturated heterocycles. The lowest BCUT2D eigenvalue weighted by molar-refractivity contribution is 2.12. The molecule has 0 nitrogen and oxygen atoms in total. The third-order valence-corrected chi connectivity index (χ3v) is 2.05. The van der Waals surface area contributed by atoms with Crippen molar-refractivity contribution in [2.45, 2.75) is 6.92 Å². The van der Waals surface area contributed by atoms with Crippen molar-refractivity contribution in [3.05, 3.63) is 0 Å². The Labute approximate surface area is 40.6 Å². The molecule has 0 spiro atoms. The first-order valence-electron chi connectivity index (χ1n) is 1.16. The summed E-state index contributed by atoms with van der Waals surface area (Å²) in [6, 6.07) is 0. The molecule has 3 heteroatoms. The van der Waals surface area contributed by atoms with Crippen LogP contribution in [0.15, 0.2) is 0 Å². The standard InChI is InChI=1S/C2H4P2S/c1-2(3)4-5/h3H,1H3. The van der Waals surface area contributed by atoms with Crippen LogP contribution in [0.5, 0.6) is 0 Å². The van der Waals surface area contributed by atoms with E-state index in [2.05, 4.69) is 20.7 Å². The van der Waals surface area contributed by atoms with Gasteiger partial charge in [0, 0.05) is 12.4 Å². The molecular weight excluding hydrogens is 118 g/mol. The molecule has 0 aliphatic rings. The number of rotatable bonds is 1. The summed E-state index contributed by atoms with van der Waals surface area (Å²) < 4.78 is 0. The highest BCUT2D eigenvalue weighted by Gasteiger charge is 1.64. The second-order valence-corrected chi connectivity index (χ2v) is 3.25. The molecule has 0 bridgehead atoms. The molecule has 0 aromatic carbocycles. The Kier molecular flexibility index (Phi) is 3.30. The van der Waals surface area contributed by atoms with Crippen molar-refractivity contribution in [3.8, 4) is 0 Å². The van der Waals surface area contributed by atoms with E-state index in [1.54, 1.807) is 0 Å². The average Bonchev–Trinajstić information content (AvgIpc) is 1.38. The van der Waals surface area contributed by atoms with E-state index in [4.69, 9.17) is 0 Å². The number of hydrogen-bond acceptors (Lipinski definition) is 1. The lowest BCUT2D eigenvalue weighted by Crippen LogP contribution is -1.55. The predicted molar refractivity (Wildman–Crippen MR) is 33.3 cm³/mol. The first-order chi connectivity index (χ1) is 2.27. The van der Waals surface area contributed by atoms with Crippen molar-refractivity contribution in [2.24, 2.45) is 0 Å². The van der Waals surface area contributed by atoms with Crippen molar-refractivity contribution in [1.29, 1.82) is 0 Å². The Balaban J connectivity index is 3.20. The summed E-state index contributed by atoms with van der Waals surface area (Å²) >= 11 is 4.56. The van der Waals surface area contributed by atoms with E-state index in [0.717, 1.165) is 12.4 Å². The molecule has 0 aliphatic carbocycles. The Hall–Kier alpha value is 0.690. The molecule has 28 valence electrons. The average molecular weight is 122 g/mol. The van der Waals surface area contributed by atoms with Crippen LogP contribution in [0.3, 0.4) is 0 Å². The quantitative estimate of drug-likeness (QED) is 0.477. The van der Waals surface area contributed by atoms with Crippen molar-refractivity contribution in [2.75, 3.05) is 0 Å². The minimum Gasteiger partial charge on any atom is -0.113 e. The minimum absolute atomic E-state index is 0.910. The fourth-order valence-corrected chi connectivity index (χ4v) is 0. The Morgan fingerprint density at radius 1 is 2.00 bits per heavy atom. The molecule has 0 N–H and O–H groups in total. The van der Waals surface area contributed by atoms with Crippen molar-refractivity contribution in [1.82, 2.24) is 0 Å². The van der Waals surface area contributed by atoms with Gasteiger partial charge >= 0.3 is 0 Å². The highest BCUT2D eigenvalue weighted by molar-refractivity contribution is 8.06. The molecule has 0 atom stereocenters. The molecular formula is C2H4P2S. The van der Waals surface area contributed by atoms with Crippen molar-refractivity contribution >= 4 is 33.1 Å². The molecule has 0 aromatic heterocycles. The van der Waals surface area contributed by atoms with Gasteiger partial charge in [-0.1, -0.05) is 11.8 Å². The third-order valence-electron chi connectivity index (χ3n) is 0.137. The van der Waals surface area contributed by atoms with E-state index in [1.165, 1.54) is 0 Å². The SMILES string of the molecule is CC(=P)P=S. The van der Waals surface area contributed by atoms with Crippen LogP contribution in [0.1, 0.15) is 6.92 Å². The maximum absolute atomic E-state index is 4.56.